The van der Waals surface area contributed by atoms with Gasteiger partial charge >= 0.3 is 5.97 Å². The lowest BCUT2D eigenvalue weighted by molar-refractivity contribution is -0.141. The third-order valence-electron chi connectivity index (χ3n) is 2.55. The number of anilines is 1. The largest absolute Gasteiger partial charge is 0.468 e. The van der Waals surface area contributed by atoms with Gasteiger partial charge in [-0.3, -0.25) is 14.3 Å². The summed E-state index contributed by atoms with van der Waals surface area (Å²) in [5.41, 5.74) is 0.553. The summed E-state index contributed by atoms with van der Waals surface area (Å²) in [5.74, 6) is -0.205. The Kier molecular flexibility index (Phi) is 5.39. The highest BCUT2D eigenvalue weighted by molar-refractivity contribution is 8.00. The zero-order valence-corrected chi connectivity index (χ0v) is 12.3. The second-order valence-corrected chi connectivity index (χ2v) is 5.20. The van der Waals surface area contributed by atoms with E-state index in [9.17, 15) is 9.59 Å². The van der Waals surface area contributed by atoms with Gasteiger partial charge in [-0.1, -0.05) is 18.2 Å². The number of nitrogens with one attached hydrogen (secondary N) is 1. The molecule has 2 rings (SSSR count). The number of carbonyl (C=O) groups is 2. The number of ether oxygens (including phenoxy) is 1. The summed E-state index contributed by atoms with van der Waals surface area (Å²) in [4.78, 5) is 23.9. The number of hydrogen-bond donors (Lipinski definition) is 1. The first kappa shape index (κ1) is 15.1. The summed E-state index contributed by atoms with van der Waals surface area (Å²) in [6, 6.07) is 9.69. The molecule has 110 valence electrons. The molecule has 2 aromatic rings. The molecule has 1 heterocycles. The number of methoxy groups -OCH3 is 1. The molecule has 7 heteroatoms. The number of hydrogen-bond acceptors (Lipinski definition) is 5. The van der Waals surface area contributed by atoms with Crippen LogP contribution in [0.5, 0.6) is 0 Å². The van der Waals surface area contributed by atoms with Crippen LogP contribution in [0.25, 0.3) is 0 Å². The van der Waals surface area contributed by atoms with Crippen molar-refractivity contribution in [3.8, 4) is 0 Å². The number of thioether (sulfide) groups is 1. The SMILES string of the molecule is COC(=O)Cn1cc(NC(=O)CSc2ccccc2)cn1. The zero-order chi connectivity index (χ0) is 15.1. The molecule has 1 amide bonds. The molecule has 1 aromatic heterocycles. The lowest BCUT2D eigenvalue weighted by Crippen LogP contribution is -2.14. The molecule has 21 heavy (non-hydrogen) atoms. The fraction of sp³-hybridized carbons (Fsp3) is 0.214. The molecule has 0 aliphatic carbocycles. The van der Waals surface area contributed by atoms with E-state index in [1.54, 1.807) is 6.20 Å². The van der Waals surface area contributed by atoms with Crippen LogP contribution in [-0.2, 0) is 20.9 Å². The summed E-state index contributed by atoms with van der Waals surface area (Å²) >= 11 is 1.46. The van der Waals surface area contributed by atoms with Crippen molar-refractivity contribution in [1.29, 1.82) is 0 Å². The van der Waals surface area contributed by atoms with Crippen LogP contribution in [0.3, 0.4) is 0 Å². The Morgan fingerprint density at radius 1 is 1.33 bits per heavy atom. The van der Waals surface area contributed by atoms with Crippen LogP contribution >= 0.6 is 11.8 Å². The molecule has 6 nitrogen and oxygen atoms in total. The summed E-state index contributed by atoms with van der Waals surface area (Å²) in [6.45, 7) is 0.0190. The average Bonchev–Trinajstić information content (AvgIpc) is 2.93. The maximum atomic E-state index is 11.8. The first-order chi connectivity index (χ1) is 10.2. The molecule has 1 aromatic carbocycles. The first-order valence-corrected chi connectivity index (χ1v) is 7.23. The maximum absolute atomic E-state index is 11.8. The highest BCUT2D eigenvalue weighted by Gasteiger charge is 2.07. The Hall–Kier alpha value is -2.28. The lowest BCUT2D eigenvalue weighted by atomic mass is 10.4. The van der Waals surface area contributed by atoms with Gasteiger partial charge in [0.05, 0.1) is 24.7 Å². The third kappa shape index (κ3) is 4.96. The van der Waals surface area contributed by atoms with Crippen LogP contribution < -0.4 is 5.32 Å². The molecule has 0 atom stereocenters. The van der Waals surface area contributed by atoms with Crippen molar-refractivity contribution in [3.63, 3.8) is 0 Å². The Balaban J connectivity index is 1.81. The predicted octanol–water partition coefficient (Wildman–Crippen LogP) is 1.79. The number of esters is 1. The van der Waals surface area contributed by atoms with Crippen molar-refractivity contribution in [3.05, 3.63) is 42.7 Å². The van der Waals surface area contributed by atoms with Gasteiger partial charge in [-0.05, 0) is 12.1 Å². The molecule has 0 radical (unpaired) electrons. The van der Waals surface area contributed by atoms with Crippen molar-refractivity contribution in [2.75, 3.05) is 18.2 Å². The first-order valence-electron chi connectivity index (χ1n) is 6.24. The van der Waals surface area contributed by atoms with E-state index in [0.29, 0.717) is 11.4 Å². The molecular formula is C14H15N3O3S. The maximum Gasteiger partial charge on any atom is 0.327 e. The van der Waals surface area contributed by atoms with E-state index in [-0.39, 0.29) is 12.5 Å². The monoisotopic (exact) mass is 305 g/mol. The van der Waals surface area contributed by atoms with Crippen molar-refractivity contribution in [2.24, 2.45) is 0 Å². The van der Waals surface area contributed by atoms with Crippen LogP contribution in [0, 0.1) is 0 Å². The Bertz CT molecular complexity index is 613. The van der Waals surface area contributed by atoms with Crippen LogP contribution in [0.1, 0.15) is 0 Å². The van der Waals surface area contributed by atoms with Gasteiger partial charge in [0.15, 0.2) is 0 Å². The minimum atomic E-state index is -0.393. The van der Waals surface area contributed by atoms with Gasteiger partial charge in [0.1, 0.15) is 6.54 Å². The van der Waals surface area contributed by atoms with Crippen molar-refractivity contribution >= 4 is 29.3 Å². The molecule has 0 aliphatic rings. The highest BCUT2D eigenvalue weighted by atomic mass is 32.2. The van der Waals surface area contributed by atoms with Crippen LogP contribution in [0.2, 0.25) is 0 Å². The number of benzene rings is 1. The molecule has 0 unspecified atom stereocenters. The summed E-state index contributed by atoms with van der Waals surface area (Å²) in [5, 5.41) is 6.70. The second kappa shape index (κ2) is 7.49. The standard InChI is InChI=1S/C14H15N3O3S/c1-20-14(19)9-17-8-11(7-15-17)16-13(18)10-21-12-5-3-2-4-6-12/h2-8H,9-10H2,1H3,(H,16,18). The van der Waals surface area contributed by atoms with Gasteiger partial charge in [-0.2, -0.15) is 5.10 Å². The molecule has 0 spiro atoms. The van der Waals surface area contributed by atoms with E-state index in [1.165, 1.54) is 29.8 Å². The van der Waals surface area contributed by atoms with E-state index in [4.69, 9.17) is 0 Å². The number of amides is 1. The van der Waals surface area contributed by atoms with E-state index < -0.39 is 5.97 Å². The topological polar surface area (TPSA) is 73.2 Å². The summed E-state index contributed by atoms with van der Waals surface area (Å²) in [6.07, 6.45) is 3.08. The quantitative estimate of drug-likeness (QED) is 0.650. The lowest BCUT2D eigenvalue weighted by Gasteiger charge is -2.02. The molecule has 0 saturated carbocycles. The Morgan fingerprint density at radius 3 is 2.81 bits per heavy atom. The molecule has 0 fully saturated rings. The fourth-order valence-electron chi connectivity index (χ4n) is 1.57. The molecule has 1 N–H and O–H groups in total. The fourth-order valence-corrected chi connectivity index (χ4v) is 2.29. The van der Waals surface area contributed by atoms with Gasteiger partial charge in [-0.25, -0.2) is 0 Å². The van der Waals surface area contributed by atoms with Crippen molar-refractivity contribution in [2.45, 2.75) is 11.4 Å². The molecule has 0 bridgehead atoms. The van der Waals surface area contributed by atoms with E-state index >= 15 is 0 Å². The predicted molar refractivity (Wildman–Crippen MR) is 80.0 cm³/mol. The van der Waals surface area contributed by atoms with Crippen molar-refractivity contribution < 1.29 is 14.3 Å². The average molecular weight is 305 g/mol. The smallest absolute Gasteiger partial charge is 0.327 e. The van der Waals surface area contributed by atoms with E-state index in [2.05, 4.69) is 15.2 Å². The van der Waals surface area contributed by atoms with E-state index in [1.807, 2.05) is 30.3 Å². The minimum absolute atomic E-state index is 0.0190. The van der Waals surface area contributed by atoms with Crippen LogP contribution in [0.15, 0.2) is 47.6 Å². The number of nitrogens with zero attached hydrogens (tertiary/aromatic N) is 2. The Labute approximate surface area is 126 Å². The minimum Gasteiger partial charge on any atom is -0.468 e. The van der Waals surface area contributed by atoms with Crippen molar-refractivity contribution in [1.82, 2.24) is 9.78 Å². The number of carbonyl (C=O) groups excluding carboxylic acids is 2. The van der Waals surface area contributed by atoms with E-state index in [0.717, 1.165) is 4.90 Å². The normalized spacial score (nSPS) is 10.1. The summed E-state index contributed by atoms with van der Waals surface area (Å²) < 4.78 is 5.95. The second-order valence-electron chi connectivity index (χ2n) is 4.15. The zero-order valence-electron chi connectivity index (χ0n) is 11.5. The third-order valence-corrected chi connectivity index (χ3v) is 3.56. The van der Waals surface area contributed by atoms with Gasteiger partial charge in [0, 0.05) is 11.1 Å². The van der Waals surface area contributed by atoms with Crippen LogP contribution in [0.4, 0.5) is 5.69 Å². The van der Waals surface area contributed by atoms with Crippen LogP contribution in [-0.4, -0.2) is 34.5 Å². The van der Waals surface area contributed by atoms with Gasteiger partial charge in [0.25, 0.3) is 0 Å². The highest BCUT2D eigenvalue weighted by Crippen LogP contribution is 2.17. The number of rotatable bonds is 6. The molecular weight excluding hydrogens is 290 g/mol. The van der Waals surface area contributed by atoms with Gasteiger partial charge in [0.2, 0.25) is 5.91 Å². The van der Waals surface area contributed by atoms with Gasteiger partial charge < -0.3 is 10.1 Å². The van der Waals surface area contributed by atoms with Gasteiger partial charge in [-0.15, -0.1) is 11.8 Å². The Morgan fingerprint density at radius 2 is 2.10 bits per heavy atom. The summed E-state index contributed by atoms with van der Waals surface area (Å²) in [7, 11) is 1.31. The molecule has 0 aliphatic heterocycles. The number of aromatic nitrogens is 2. The molecule has 0 saturated heterocycles.